The highest BCUT2D eigenvalue weighted by Gasteiger charge is 2.27. The summed E-state index contributed by atoms with van der Waals surface area (Å²) >= 11 is 0. The van der Waals surface area contributed by atoms with Gasteiger partial charge in [-0.2, -0.15) is 0 Å². The van der Waals surface area contributed by atoms with Crippen molar-refractivity contribution in [1.82, 2.24) is 5.32 Å². The Bertz CT molecular complexity index is 750. The van der Waals surface area contributed by atoms with Crippen LogP contribution in [0.15, 0.2) is 42.5 Å². The summed E-state index contributed by atoms with van der Waals surface area (Å²) in [5.41, 5.74) is 6.25. The van der Waals surface area contributed by atoms with E-state index in [2.05, 4.69) is 5.32 Å². The fourth-order valence-electron chi connectivity index (χ4n) is 3.11. The Balaban J connectivity index is 1.63. The van der Waals surface area contributed by atoms with Gasteiger partial charge in [-0.15, -0.1) is 0 Å². The van der Waals surface area contributed by atoms with E-state index in [0.717, 1.165) is 31.4 Å². The number of rotatable bonds is 5. The smallest absolute Gasteiger partial charge is 0.251 e. The van der Waals surface area contributed by atoms with Crippen LogP contribution in [0.4, 0.5) is 8.78 Å². The number of hydrogen-bond donors (Lipinski definition) is 2. The maximum Gasteiger partial charge on any atom is 0.251 e. The molecule has 0 heterocycles. The highest BCUT2D eigenvalue weighted by Crippen LogP contribution is 2.26. The molecule has 1 amide bonds. The molecule has 0 bridgehead atoms. The van der Waals surface area contributed by atoms with Crippen LogP contribution in [-0.2, 0) is 0 Å². The number of halogens is 2. The predicted molar refractivity (Wildman–Crippen MR) is 90.5 cm³/mol. The molecule has 3 N–H and O–H groups in total. The fourth-order valence-corrected chi connectivity index (χ4v) is 3.11. The molecule has 0 radical (unpaired) electrons. The van der Waals surface area contributed by atoms with Crippen LogP contribution in [0.1, 0.15) is 29.6 Å². The lowest BCUT2D eigenvalue weighted by atomic mass is 10.0. The summed E-state index contributed by atoms with van der Waals surface area (Å²) in [4.78, 5) is 12.3. The summed E-state index contributed by atoms with van der Waals surface area (Å²) in [6.07, 6.45) is 3.07. The largest absolute Gasteiger partial charge is 0.457 e. The van der Waals surface area contributed by atoms with Gasteiger partial charge in [-0.1, -0.05) is 6.42 Å². The summed E-state index contributed by atoms with van der Waals surface area (Å²) in [5.74, 6) is -1.10. The van der Waals surface area contributed by atoms with E-state index in [1.807, 2.05) is 0 Å². The van der Waals surface area contributed by atoms with Crippen molar-refractivity contribution < 1.29 is 18.3 Å². The van der Waals surface area contributed by atoms with Crippen LogP contribution in [-0.4, -0.2) is 18.5 Å². The monoisotopic (exact) mass is 346 g/mol. The van der Waals surface area contributed by atoms with Crippen LogP contribution in [0, 0.1) is 17.6 Å². The molecule has 132 valence electrons. The zero-order chi connectivity index (χ0) is 17.8. The van der Waals surface area contributed by atoms with Gasteiger partial charge in [0.2, 0.25) is 0 Å². The molecule has 0 spiro atoms. The van der Waals surface area contributed by atoms with Gasteiger partial charge >= 0.3 is 0 Å². The van der Waals surface area contributed by atoms with Crippen LogP contribution >= 0.6 is 0 Å². The number of nitrogens with one attached hydrogen (secondary N) is 1. The number of carbonyl (C=O) groups excluding carboxylic acids is 1. The summed E-state index contributed by atoms with van der Waals surface area (Å²) < 4.78 is 31.6. The van der Waals surface area contributed by atoms with Gasteiger partial charge in [-0.05, 0) is 61.7 Å². The normalized spacial score (nSPS) is 19.6. The molecule has 2 aromatic rings. The molecule has 1 fully saturated rings. The van der Waals surface area contributed by atoms with Crippen molar-refractivity contribution in [3.63, 3.8) is 0 Å². The Labute approximate surface area is 145 Å². The lowest BCUT2D eigenvalue weighted by molar-refractivity contribution is 0.0929. The molecular formula is C19H20F2N2O2. The Hall–Kier alpha value is -2.47. The van der Waals surface area contributed by atoms with Gasteiger partial charge in [0.1, 0.15) is 11.5 Å². The van der Waals surface area contributed by atoms with Gasteiger partial charge in [0.15, 0.2) is 11.6 Å². The second-order valence-corrected chi connectivity index (χ2v) is 6.21. The minimum atomic E-state index is -0.973. The van der Waals surface area contributed by atoms with E-state index < -0.39 is 11.6 Å². The number of carbonyl (C=O) groups is 1. The van der Waals surface area contributed by atoms with E-state index in [9.17, 15) is 13.6 Å². The molecular weight excluding hydrogens is 326 g/mol. The van der Waals surface area contributed by atoms with E-state index in [1.54, 1.807) is 24.3 Å². The van der Waals surface area contributed by atoms with Crippen molar-refractivity contribution in [2.24, 2.45) is 11.7 Å². The summed E-state index contributed by atoms with van der Waals surface area (Å²) in [5, 5.41) is 3.03. The third-order valence-corrected chi connectivity index (χ3v) is 4.52. The van der Waals surface area contributed by atoms with Gasteiger partial charge < -0.3 is 15.8 Å². The fraction of sp³-hybridized carbons (Fsp3) is 0.316. The van der Waals surface area contributed by atoms with Crippen LogP contribution in [0.2, 0.25) is 0 Å². The van der Waals surface area contributed by atoms with Gasteiger partial charge in [0.05, 0.1) is 0 Å². The minimum Gasteiger partial charge on any atom is -0.457 e. The average Bonchev–Trinajstić information content (AvgIpc) is 3.06. The van der Waals surface area contributed by atoms with Crippen molar-refractivity contribution in [1.29, 1.82) is 0 Å². The second kappa shape index (κ2) is 7.61. The summed E-state index contributed by atoms with van der Waals surface area (Å²) in [6, 6.07) is 9.94. The molecule has 0 aliphatic heterocycles. The van der Waals surface area contributed by atoms with E-state index in [0.29, 0.717) is 23.8 Å². The van der Waals surface area contributed by atoms with Crippen molar-refractivity contribution in [2.75, 3.05) is 6.54 Å². The Morgan fingerprint density at radius 3 is 2.48 bits per heavy atom. The van der Waals surface area contributed by atoms with Crippen molar-refractivity contribution in [3.8, 4) is 11.5 Å². The maximum atomic E-state index is 13.2. The number of ether oxygens (including phenoxy) is 1. The highest BCUT2D eigenvalue weighted by atomic mass is 19.2. The SMILES string of the molecule is NCC1CCCC1NC(=O)c1ccc(Oc2ccc(F)c(F)c2)cc1. The van der Waals surface area contributed by atoms with Crippen molar-refractivity contribution in [2.45, 2.75) is 25.3 Å². The van der Waals surface area contributed by atoms with Crippen molar-refractivity contribution >= 4 is 5.91 Å². The number of hydrogen-bond acceptors (Lipinski definition) is 3. The molecule has 1 aliphatic rings. The van der Waals surface area contributed by atoms with E-state index in [4.69, 9.17) is 10.5 Å². The van der Waals surface area contributed by atoms with Gasteiger partial charge in [-0.3, -0.25) is 4.79 Å². The third-order valence-electron chi connectivity index (χ3n) is 4.52. The highest BCUT2D eigenvalue weighted by molar-refractivity contribution is 5.94. The first-order valence-corrected chi connectivity index (χ1v) is 8.30. The average molecular weight is 346 g/mol. The Morgan fingerprint density at radius 1 is 1.08 bits per heavy atom. The number of benzene rings is 2. The predicted octanol–water partition coefficient (Wildman–Crippen LogP) is 3.61. The molecule has 1 aliphatic carbocycles. The van der Waals surface area contributed by atoms with Crippen molar-refractivity contribution in [3.05, 3.63) is 59.7 Å². The summed E-state index contributed by atoms with van der Waals surface area (Å²) in [7, 11) is 0. The zero-order valence-electron chi connectivity index (χ0n) is 13.7. The van der Waals surface area contributed by atoms with Gasteiger partial charge in [0.25, 0.3) is 5.91 Å². The van der Waals surface area contributed by atoms with Crippen LogP contribution in [0.3, 0.4) is 0 Å². The molecule has 2 atom stereocenters. The maximum absolute atomic E-state index is 13.2. The molecule has 1 saturated carbocycles. The third kappa shape index (κ3) is 4.14. The first-order valence-electron chi connectivity index (χ1n) is 8.30. The molecule has 6 heteroatoms. The number of nitrogens with two attached hydrogens (primary N) is 1. The second-order valence-electron chi connectivity index (χ2n) is 6.21. The molecule has 0 aromatic heterocycles. The van der Waals surface area contributed by atoms with E-state index in [-0.39, 0.29) is 17.7 Å². The molecule has 0 saturated heterocycles. The van der Waals surface area contributed by atoms with Crippen LogP contribution in [0.25, 0.3) is 0 Å². The van der Waals surface area contributed by atoms with Gasteiger partial charge in [-0.25, -0.2) is 8.78 Å². The number of amides is 1. The molecule has 2 aromatic carbocycles. The Kier molecular flexibility index (Phi) is 5.28. The molecule has 3 rings (SSSR count). The lowest BCUT2D eigenvalue weighted by Gasteiger charge is -2.19. The zero-order valence-corrected chi connectivity index (χ0v) is 13.7. The first-order chi connectivity index (χ1) is 12.1. The van der Waals surface area contributed by atoms with Crippen LogP contribution < -0.4 is 15.8 Å². The topological polar surface area (TPSA) is 64.3 Å². The molecule has 4 nitrogen and oxygen atoms in total. The minimum absolute atomic E-state index is 0.121. The Morgan fingerprint density at radius 2 is 1.80 bits per heavy atom. The quantitative estimate of drug-likeness (QED) is 0.869. The van der Waals surface area contributed by atoms with Gasteiger partial charge in [0, 0.05) is 17.7 Å². The lowest BCUT2D eigenvalue weighted by Crippen LogP contribution is -2.39. The standard InChI is InChI=1S/C19H20F2N2O2/c20-16-9-8-15(10-17(16)21)25-14-6-4-12(5-7-14)19(24)23-18-3-1-2-13(18)11-22/h4-10,13,18H,1-3,11,22H2,(H,23,24). The van der Waals surface area contributed by atoms with Crippen LogP contribution in [0.5, 0.6) is 11.5 Å². The molecule has 2 unspecified atom stereocenters. The van der Waals surface area contributed by atoms with E-state index >= 15 is 0 Å². The van der Waals surface area contributed by atoms with E-state index in [1.165, 1.54) is 6.07 Å². The molecule has 25 heavy (non-hydrogen) atoms. The first kappa shape index (κ1) is 17.4. The summed E-state index contributed by atoms with van der Waals surface area (Å²) in [6.45, 7) is 0.575.